The molecule has 1 aliphatic heterocycles. The summed E-state index contributed by atoms with van der Waals surface area (Å²) in [5.74, 6) is 0.223. The molecule has 0 aliphatic carbocycles. The fourth-order valence-electron chi connectivity index (χ4n) is 3.41. The van der Waals surface area contributed by atoms with Crippen LogP contribution < -0.4 is 4.90 Å². The van der Waals surface area contributed by atoms with Gasteiger partial charge in [0.05, 0.1) is 10.8 Å². The maximum Gasteiger partial charge on any atom is 0.244 e. The van der Waals surface area contributed by atoms with E-state index in [9.17, 15) is 13.2 Å². The molecule has 0 saturated heterocycles. The molecule has 0 N–H and O–H groups in total. The van der Waals surface area contributed by atoms with Crippen LogP contribution in [0.3, 0.4) is 0 Å². The van der Waals surface area contributed by atoms with Crippen LogP contribution in [0.4, 0.5) is 5.69 Å². The minimum absolute atomic E-state index is 0.00970. The fraction of sp³-hybridized carbons (Fsp3) is 0.333. The number of anilines is 1. The Bertz CT molecular complexity index is 1060. The summed E-state index contributed by atoms with van der Waals surface area (Å²) in [6.45, 7) is 4.24. The number of pyridine rings is 1. The molecule has 0 radical (unpaired) electrons. The van der Waals surface area contributed by atoms with Crippen LogP contribution in [0.2, 0.25) is 0 Å². The predicted molar refractivity (Wildman–Crippen MR) is 117 cm³/mol. The van der Waals surface area contributed by atoms with E-state index < -0.39 is 10.0 Å². The molecule has 0 unspecified atom stereocenters. The van der Waals surface area contributed by atoms with Gasteiger partial charge in [-0.05, 0) is 23.8 Å². The van der Waals surface area contributed by atoms with Crippen molar-refractivity contribution in [1.29, 1.82) is 0 Å². The topological polar surface area (TPSA) is 70.6 Å². The first-order valence-electron chi connectivity index (χ1n) is 9.15. The van der Waals surface area contributed by atoms with Crippen LogP contribution in [-0.4, -0.2) is 50.4 Å². The molecule has 154 valence electrons. The Morgan fingerprint density at radius 2 is 1.90 bits per heavy atom. The highest BCUT2D eigenvalue weighted by Crippen LogP contribution is 2.46. The first-order valence-corrected chi connectivity index (χ1v) is 11.6. The van der Waals surface area contributed by atoms with Crippen molar-refractivity contribution in [3.63, 3.8) is 0 Å². The van der Waals surface area contributed by atoms with E-state index >= 15 is 0 Å². The van der Waals surface area contributed by atoms with Gasteiger partial charge < -0.3 is 4.90 Å². The number of allylic oxidation sites excluding steroid dienone is 2. The molecule has 0 fully saturated rings. The number of likely N-dealkylation sites (N-methyl/N-ethyl adjacent to an activating group) is 1. The molecule has 0 spiro atoms. The van der Waals surface area contributed by atoms with Crippen molar-refractivity contribution in [3.05, 3.63) is 59.9 Å². The molecule has 0 amide bonds. The molecule has 0 saturated carbocycles. The largest absolute Gasteiger partial charge is 0.347 e. The van der Waals surface area contributed by atoms with E-state index in [2.05, 4.69) is 35.9 Å². The number of hydrogen-bond donors (Lipinski definition) is 0. The second kappa shape index (κ2) is 7.93. The Hall–Kier alpha value is -2.16. The van der Waals surface area contributed by atoms with Crippen LogP contribution in [-0.2, 0) is 20.2 Å². The quantitative estimate of drug-likeness (QED) is 0.516. The van der Waals surface area contributed by atoms with E-state index in [1.165, 1.54) is 43.7 Å². The number of rotatable bonds is 6. The molecule has 2 aromatic rings. The third-order valence-corrected chi connectivity index (χ3v) is 7.85. The van der Waals surface area contributed by atoms with Gasteiger partial charge in [-0.3, -0.25) is 4.79 Å². The number of carbonyl (C=O) groups is 1. The van der Waals surface area contributed by atoms with Crippen molar-refractivity contribution in [1.82, 2.24) is 9.29 Å². The molecule has 3 rings (SSSR count). The van der Waals surface area contributed by atoms with Gasteiger partial charge in [0.2, 0.25) is 10.0 Å². The third kappa shape index (κ3) is 4.10. The van der Waals surface area contributed by atoms with Crippen LogP contribution in [0.25, 0.3) is 0 Å². The highest BCUT2D eigenvalue weighted by atomic mass is 32.2. The lowest BCUT2D eigenvalue weighted by molar-refractivity contribution is -0.112. The number of carbonyl (C=O) groups excluding carboxylic acids is 1. The number of ketones is 1. The van der Waals surface area contributed by atoms with E-state index in [0.29, 0.717) is 5.03 Å². The van der Waals surface area contributed by atoms with Gasteiger partial charge in [-0.15, -0.1) is 0 Å². The lowest BCUT2D eigenvalue weighted by Crippen LogP contribution is -2.24. The zero-order valence-corrected chi connectivity index (χ0v) is 18.8. The fourth-order valence-corrected chi connectivity index (χ4v) is 4.93. The predicted octanol–water partition coefficient (Wildman–Crippen LogP) is 3.30. The SMILES string of the molecule is CN1/C(=C/C(=O)CSc2ccc(S(=O)(=O)N(C)C)cn2)C(C)(C)c2ccccc21. The Morgan fingerprint density at radius 1 is 1.21 bits per heavy atom. The Kier molecular flexibility index (Phi) is 5.89. The zero-order valence-electron chi connectivity index (χ0n) is 17.2. The second-order valence-corrected chi connectivity index (χ2v) is 10.8. The molecule has 6 nitrogen and oxygen atoms in total. The van der Waals surface area contributed by atoms with Crippen LogP contribution in [0.1, 0.15) is 19.4 Å². The van der Waals surface area contributed by atoms with Crippen molar-refractivity contribution in [2.45, 2.75) is 29.2 Å². The van der Waals surface area contributed by atoms with E-state index in [0.717, 1.165) is 15.7 Å². The van der Waals surface area contributed by atoms with Gasteiger partial charge in [0, 0.05) is 50.2 Å². The average molecular weight is 432 g/mol. The van der Waals surface area contributed by atoms with Gasteiger partial charge in [-0.1, -0.05) is 43.8 Å². The summed E-state index contributed by atoms with van der Waals surface area (Å²) in [6, 6.07) is 11.3. The molecule has 29 heavy (non-hydrogen) atoms. The van der Waals surface area contributed by atoms with E-state index in [1.807, 2.05) is 19.2 Å². The molecular weight excluding hydrogens is 406 g/mol. The highest BCUT2D eigenvalue weighted by Gasteiger charge is 2.38. The monoisotopic (exact) mass is 431 g/mol. The van der Waals surface area contributed by atoms with Gasteiger partial charge >= 0.3 is 0 Å². The number of hydrogen-bond acceptors (Lipinski definition) is 6. The highest BCUT2D eigenvalue weighted by molar-refractivity contribution is 7.99. The van der Waals surface area contributed by atoms with E-state index in [-0.39, 0.29) is 21.8 Å². The smallest absolute Gasteiger partial charge is 0.244 e. The maximum absolute atomic E-state index is 12.6. The summed E-state index contributed by atoms with van der Waals surface area (Å²) < 4.78 is 25.3. The summed E-state index contributed by atoms with van der Waals surface area (Å²) in [6.07, 6.45) is 3.03. The summed E-state index contributed by atoms with van der Waals surface area (Å²) >= 11 is 1.29. The number of sulfonamides is 1. The molecule has 1 aliphatic rings. The molecule has 2 heterocycles. The number of benzene rings is 1. The number of para-hydroxylation sites is 1. The molecule has 8 heteroatoms. The summed E-state index contributed by atoms with van der Waals surface area (Å²) in [7, 11) is 1.42. The van der Waals surface area contributed by atoms with E-state index in [4.69, 9.17) is 0 Å². The van der Waals surface area contributed by atoms with Gasteiger partial charge in [0.25, 0.3) is 0 Å². The third-order valence-electron chi connectivity index (χ3n) is 5.09. The summed E-state index contributed by atoms with van der Waals surface area (Å²) in [4.78, 5) is 19.0. The number of thioether (sulfide) groups is 1. The van der Waals surface area contributed by atoms with Crippen molar-refractivity contribution in [2.24, 2.45) is 0 Å². The second-order valence-electron chi connectivity index (χ2n) is 7.61. The molecular formula is C21H25N3O3S2. The van der Waals surface area contributed by atoms with Gasteiger partial charge in [-0.25, -0.2) is 17.7 Å². The van der Waals surface area contributed by atoms with Crippen LogP contribution in [0, 0.1) is 0 Å². The Morgan fingerprint density at radius 3 is 2.48 bits per heavy atom. The van der Waals surface area contributed by atoms with Crippen molar-refractivity contribution in [2.75, 3.05) is 31.8 Å². The summed E-state index contributed by atoms with van der Waals surface area (Å²) in [5.41, 5.74) is 3.04. The molecule has 0 bridgehead atoms. The number of fused-ring (bicyclic) bond motifs is 1. The minimum atomic E-state index is -3.51. The van der Waals surface area contributed by atoms with Gasteiger partial charge in [0.15, 0.2) is 5.78 Å². The first kappa shape index (κ1) is 21.5. The minimum Gasteiger partial charge on any atom is -0.347 e. The van der Waals surface area contributed by atoms with E-state index in [1.54, 1.807) is 12.1 Å². The Balaban J connectivity index is 1.71. The average Bonchev–Trinajstić information content (AvgIpc) is 2.87. The van der Waals surface area contributed by atoms with Crippen molar-refractivity contribution < 1.29 is 13.2 Å². The molecule has 1 aromatic heterocycles. The number of aromatic nitrogens is 1. The standard InChI is InChI=1S/C21H25N3O3S2/c1-21(2)17-8-6-7-9-18(17)24(5)19(21)12-15(25)14-28-20-11-10-16(13-22-20)29(26,27)23(3)4/h6-13H,14H2,1-5H3/b19-12+. The van der Waals surface area contributed by atoms with Crippen molar-refractivity contribution >= 4 is 33.3 Å². The van der Waals surface area contributed by atoms with Gasteiger partial charge in [-0.2, -0.15) is 0 Å². The van der Waals surface area contributed by atoms with Crippen LogP contribution >= 0.6 is 11.8 Å². The molecule has 0 atom stereocenters. The lowest BCUT2D eigenvalue weighted by atomic mass is 9.83. The first-order chi connectivity index (χ1) is 13.5. The normalized spacial score (nSPS) is 17.0. The number of nitrogens with zero attached hydrogens (tertiary/aromatic N) is 3. The maximum atomic E-state index is 12.6. The lowest BCUT2D eigenvalue weighted by Gasteiger charge is -2.23. The summed E-state index contributed by atoms with van der Waals surface area (Å²) in [5, 5.41) is 0.608. The van der Waals surface area contributed by atoms with Crippen molar-refractivity contribution in [3.8, 4) is 0 Å². The Labute approximate surface area is 176 Å². The van der Waals surface area contributed by atoms with Crippen LogP contribution in [0.5, 0.6) is 0 Å². The van der Waals surface area contributed by atoms with Gasteiger partial charge in [0.1, 0.15) is 4.90 Å². The zero-order chi connectivity index (χ0) is 21.4. The van der Waals surface area contributed by atoms with Crippen LogP contribution in [0.15, 0.2) is 64.3 Å². The molecule has 1 aromatic carbocycles.